The molecule has 2 aromatic carbocycles. The van der Waals surface area contributed by atoms with Crippen LogP contribution in [0.1, 0.15) is 43.4 Å². The summed E-state index contributed by atoms with van der Waals surface area (Å²) in [6.45, 7) is 6.95. The monoisotopic (exact) mass is 452 g/mol. The molecule has 2 atom stereocenters. The van der Waals surface area contributed by atoms with Gasteiger partial charge in [0.25, 0.3) is 5.91 Å². The van der Waals surface area contributed by atoms with Crippen molar-refractivity contribution in [3.05, 3.63) is 72.3 Å². The molecule has 0 fully saturated rings. The predicted octanol–water partition coefficient (Wildman–Crippen LogP) is 3.82. The number of aliphatic hydroxyl groups excluding tert-OH is 1. The van der Waals surface area contributed by atoms with Gasteiger partial charge in [-0.2, -0.15) is 0 Å². The second kappa shape index (κ2) is 11.5. The summed E-state index contributed by atoms with van der Waals surface area (Å²) in [4.78, 5) is 18.3. The minimum atomic E-state index is -1.19. The fourth-order valence-corrected chi connectivity index (χ4v) is 3.73. The number of rotatable bonds is 12. The van der Waals surface area contributed by atoms with Gasteiger partial charge in [0, 0.05) is 31.6 Å². The molecule has 7 heteroatoms. The van der Waals surface area contributed by atoms with Crippen LogP contribution in [-0.4, -0.2) is 49.3 Å². The van der Waals surface area contributed by atoms with E-state index in [-0.39, 0.29) is 12.5 Å². The third-order valence-corrected chi connectivity index (χ3v) is 5.42. The molecule has 1 amide bonds. The van der Waals surface area contributed by atoms with Crippen molar-refractivity contribution in [2.75, 3.05) is 26.9 Å². The van der Waals surface area contributed by atoms with Crippen molar-refractivity contribution in [1.29, 1.82) is 0 Å². The molecule has 1 aliphatic rings. The van der Waals surface area contributed by atoms with Crippen LogP contribution in [0.2, 0.25) is 0 Å². The van der Waals surface area contributed by atoms with Gasteiger partial charge in [0.05, 0.1) is 13.7 Å². The average molecular weight is 453 g/mol. The lowest BCUT2D eigenvalue weighted by molar-refractivity contribution is -0.128. The van der Waals surface area contributed by atoms with E-state index in [1.165, 1.54) is 0 Å². The van der Waals surface area contributed by atoms with Gasteiger partial charge in [0.15, 0.2) is 11.6 Å². The number of carbonyl (C=O) groups is 1. The maximum atomic E-state index is 13.4. The van der Waals surface area contributed by atoms with Gasteiger partial charge in [-0.3, -0.25) is 4.79 Å². The average Bonchev–Trinajstić information content (AvgIpc) is 3.24. The quantitative estimate of drug-likeness (QED) is 0.378. The Morgan fingerprint density at radius 1 is 1.27 bits per heavy atom. The lowest BCUT2D eigenvalue weighted by Gasteiger charge is -2.29. The first-order chi connectivity index (χ1) is 16.1. The summed E-state index contributed by atoms with van der Waals surface area (Å²) in [7, 11) is 1.60. The topological polar surface area (TPSA) is 89.4 Å². The third-order valence-electron chi connectivity index (χ3n) is 5.42. The van der Waals surface area contributed by atoms with E-state index in [0.29, 0.717) is 43.4 Å². The van der Waals surface area contributed by atoms with E-state index in [1.54, 1.807) is 13.2 Å². The van der Waals surface area contributed by atoms with E-state index in [0.717, 1.165) is 17.5 Å². The van der Waals surface area contributed by atoms with Gasteiger partial charge < -0.3 is 24.6 Å². The molecular weight excluding hydrogens is 420 g/mol. The van der Waals surface area contributed by atoms with Crippen LogP contribution in [0.4, 0.5) is 0 Å². The van der Waals surface area contributed by atoms with Gasteiger partial charge in [-0.15, -0.1) is 6.58 Å². The number of amides is 1. The number of aliphatic imine (C=N–C) groups is 1. The van der Waals surface area contributed by atoms with Crippen molar-refractivity contribution in [2.24, 2.45) is 4.99 Å². The van der Waals surface area contributed by atoms with Crippen LogP contribution in [0.25, 0.3) is 0 Å². The van der Waals surface area contributed by atoms with E-state index in [4.69, 9.17) is 24.3 Å². The van der Waals surface area contributed by atoms with Gasteiger partial charge in [-0.05, 0) is 48.4 Å². The molecule has 2 N–H and O–H groups in total. The highest BCUT2D eigenvalue weighted by Gasteiger charge is 2.52. The second-order valence-corrected chi connectivity index (χ2v) is 7.81. The number of nitrogens with zero attached hydrogens (tertiary/aromatic N) is 1. The minimum Gasteiger partial charge on any atom is -0.497 e. The fourth-order valence-electron chi connectivity index (χ4n) is 3.73. The standard InChI is InChI=1S/C26H32N2O5/c1-4-14-26(25(30)27-15-5-2)23(20-8-6-9-22(18-20)31-3)33-24(28-26)19-10-12-21(13-11-19)32-17-7-16-29/h4,6,8-13,18,23,29H,1,5,7,14-17H2,2-3H3,(H,27,30)/t23-,26-/m1/s1. The van der Waals surface area contributed by atoms with Crippen molar-refractivity contribution in [3.8, 4) is 11.5 Å². The molecule has 0 spiro atoms. The zero-order valence-electron chi connectivity index (χ0n) is 19.3. The number of carbonyl (C=O) groups excluding carboxylic acids is 1. The zero-order chi connectivity index (χ0) is 23.7. The summed E-state index contributed by atoms with van der Waals surface area (Å²) in [6, 6.07) is 14.8. The molecule has 1 aliphatic heterocycles. The van der Waals surface area contributed by atoms with Crippen molar-refractivity contribution in [1.82, 2.24) is 5.32 Å². The molecule has 0 unspecified atom stereocenters. The first-order valence-electron chi connectivity index (χ1n) is 11.2. The lowest BCUT2D eigenvalue weighted by atomic mass is 9.84. The molecule has 2 aromatic rings. The van der Waals surface area contributed by atoms with E-state index >= 15 is 0 Å². The Kier molecular flexibility index (Phi) is 8.49. The summed E-state index contributed by atoms with van der Waals surface area (Å²) in [5.41, 5.74) is 0.353. The summed E-state index contributed by atoms with van der Waals surface area (Å²) in [5, 5.41) is 11.9. The summed E-state index contributed by atoms with van der Waals surface area (Å²) in [6.07, 6.45) is 2.76. The molecule has 7 nitrogen and oxygen atoms in total. The van der Waals surface area contributed by atoms with Gasteiger partial charge in [-0.1, -0.05) is 25.1 Å². The van der Waals surface area contributed by atoms with Crippen LogP contribution >= 0.6 is 0 Å². The lowest BCUT2D eigenvalue weighted by Crippen LogP contribution is -2.48. The van der Waals surface area contributed by atoms with E-state index in [9.17, 15) is 4.79 Å². The van der Waals surface area contributed by atoms with Gasteiger partial charge in [0.2, 0.25) is 5.90 Å². The number of methoxy groups -OCH3 is 1. The van der Waals surface area contributed by atoms with Crippen LogP contribution in [0, 0.1) is 0 Å². The summed E-state index contributed by atoms with van der Waals surface area (Å²) < 4.78 is 17.4. The fraction of sp³-hybridized carbons (Fsp3) is 0.385. The second-order valence-electron chi connectivity index (χ2n) is 7.81. The van der Waals surface area contributed by atoms with E-state index in [2.05, 4.69) is 11.9 Å². The Morgan fingerprint density at radius 3 is 2.73 bits per heavy atom. The number of hydrogen-bond donors (Lipinski definition) is 2. The Balaban J connectivity index is 1.98. The largest absolute Gasteiger partial charge is 0.497 e. The Morgan fingerprint density at radius 2 is 2.06 bits per heavy atom. The van der Waals surface area contributed by atoms with Crippen LogP contribution < -0.4 is 14.8 Å². The normalized spacial score (nSPS) is 19.4. The maximum absolute atomic E-state index is 13.4. The highest BCUT2D eigenvalue weighted by molar-refractivity contribution is 6.01. The summed E-state index contributed by atoms with van der Waals surface area (Å²) >= 11 is 0. The molecular formula is C26H32N2O5. The molecule has 1 heterocycles. The van der Waals surface area contributed by atoms with Gasteiger partial charge >= 0.3 is 0 Å². The molecule has 0 saturated carbocycles. The van der Waals surface area contributed by atoms with Crippen LogP contribution in [-0.2, 0) is 9.53 Å². The number of benzene rings is 2. The van der Waals surface area contributed by atoms with Crippen LogP contribution in [0.15, 0.2) is 66.2 Å². The number of hydrogen-bond acceptors (Lipinski definition) is 6. The van der Waals surface area contributed by atoms with Gasteiger partial charge in [-0.25, -0.2) is 4.99 Å². The Hall–Kier alpha value is -3.32. The predicted molar refractivity (Wildman–Crippen MR) is 128 cm³/mol. The Bertz CT molecular complexity index is 973. The molecule has 3 rings (SSSR count). The van der Waals surface area contributed by atoms with E-state index < -0.39 is 11.6 Å². The molecule has 0 saturated heterocycles. The third kappa shape index (κ3) is 5.54. The van der Waals surface area contributed by atoms with Crippen molar-refractivity contribution in [2.45, 2.75) is 37.8 Å². The van der Waals surface area contributed by atoms with Crippen LogP contribution in [0.5, 0.6) is 11.5 Å². The first-order valence-corrected chi connectivity index (χ1v) is 11.2. The molecule has 0 aromatic heterocycles. The highest BCUT2D eigenvalue weighted by atomic mass is 16.5. The van der Waals surface area contributed by atoms with Crippen molar-refractivity contribution in [3.63, 3.8) is 0 Å². The summed E-state index contributed by atoms with van der Waals surface area (Å²) in [5.74, 6) is 1.55. The van der Waals surface area contributed by atoms with Crippen molar-refractivity contribution < 1.29 is 24.1 Å². The smallest absolute Gasteiger partial charge is 0.252 e. The molecule has 0 bridgehead atoms. The molecule has 0 radical (unpaired) electrons. The molecule has 176 valence electrons. The highest BCUT2D eigenvalue weighted by Crippen LogP contribution is 2.43. The zero-order valence-corrected chi connectivity index (χ0v) is 19.3. The first kappa shape index (κ1) is 24.3. The minimum absolute atomic E-state index is 0.0832. The van der Waals surface area contributed by atoms with Crippen molar-refractivity contribution >= 4 is 11.8 Å². The number of nitrogens with one attached hydrogen (secondary N) is 1. The van der Waals surface area contributed by atoms with Crippen LogP contribution in [0.3, 0.4) is 0 Å². The Labute approximate surface area is 195 Å². The van der Waals surface area contributed by atoms with Gasteiger partial charge in [0.1, 0.15) is 11.5 Å². The maximum Gasteiger partial charge on any atom is 0.252 e. The van der Waals surface area contributed by atoms with E-state index in [1.807, 2.05) is 55.5 Å². The number of ether oxygens (including phenoxy) is 3. The SMILES string of the molecule is C=CC[C@@]1(C(=O)NCCC)N=C(c2ccc(OCCCO)cc2)O[C@@H]1c1cccc(OC)c1. The number of aliphatic hydroxyl groups is 1. The molecule has 0 aliphatic carbocycles. The molecule has 33 heavy (non-hydrogen) atoms.